The minimum absolute atomic E-state index is 0.230. The minimum atomic E-state index is 0.230. The van der Waals surface area contributed by atoms with Gasteiger partial charge in [0.1, 0.15) is 0 Å². The summed E-state index contributed by atoms with van der Waals surface area (Å²) < 4.78 is 7.60. The number of piperidine rings is 1. The number of fused-ring (bicyclic) bond motifs is 2. The van der Waals surface area contributed by atoms with Crippen LogP contribution in [0.1, 0.15) is 51.9 Å². The van der Waals surface area contributed by atoms with Gasteiger partial charge in [0, 0.05) is 60.5 Å². The van der Waals surface area contributed by atoms with Gasteiger partial charge in [-0.3, -0.25) is 9.69 Å². The van der Waals surface area contributed by atoms with Crippen LogP contribution in [0.25, 0.3) is 10.1 Å². The van der Waals surface area contributed by atoms with Crippen LogP contribution in [-0.4, -0.2) is 61.8 Å². The van der Waals surface area contributed by atoms with E-state index in [-0.39, 0.29) is 5.91 Å². The Hall–Kier alpha value is -1.63. The van der Waals surface area contributed by atoms with Crippen molar-refractivity contribution in [3.63, 3.8) is 0 Å². The Morgan fingerprint density at radius 1 is 1.16 bits per heavy atom. The van der Waals surface area contributed by atoms with Gasteiger partial charge in [0.05, 0.1) is 6.10 Å². The van der Waals surface area contributed by atoms with Gasteiger partial charge in [-0.2, -0.15) is 0 Å². The maximum Gasteiger partial charge on any atom is 0.220 e. The van der Waals surface area contributed by atoms with Crippen molar-refractivity contribution in [3.05, 3.63) is 29.6 Å². The Balaban J connectivity index is 1.02. The Labute approximate surface area is 196 Å². The highest BCUT2D eigenvalue weighted by atomic mass is 32.1. The molecule has 6 heteroatoms. The predicted molar refractivity (Wildman–Crippen MR) is 133 cm³/mol. The van der Waals surface area contributed by atoms with Crippen LogP contribution in [0.15, 0.2) is 29.6 Å². The van der Waals surface area contributed by atoms with Crippen LogP contribution in [0.3, 0.4) is 0 Å². The second kappa shape index (κ2) is 10.1. The Bertz CT molecular complexity index is 915. The van der Waals surface area contributed by atoms with Crippen LogP contribution in [-0.2, 0) is 9.53 Å². The molecule has 2 aliphatic heterocycles. The van der Waals surface area contributed by atoms with Crippen molar-refractivity contribution in [2.24, 2.45) is 5.92 Å². The summed E-state index contributed by atoms with van der Waals surface area (Å²) in [7, 11) is 0. The monoisotopic (exact) mass is 455 g/mol. The zero-order valence-electron chi connectivity index (χ0n) is 19.3. The molecule has 1 aromatic carbocycles. The van der Waals surface area contributed by atoms with Crippen molar-refractivity contribution in [2.75, 3.05) is 37.7 Å². The van der Waals surface area contributed by atoms with Crippen LogP contribution >= 0.6 is 11.3 Å². The van der Waals surface area contributed by atoms with E-state index in [2.05, 4.69) is 51.7 Å². The first-order valence-electron chi connectivity index (χ1n) is 12.5. The van der Waals surface area contributed by atoms with Crippen molar-refractivity contribution in [1.82, 2.24) is 10.2 Å². The van der Waals surface area contributed by atoms with Gasteiger partial charge in [0.15, 0.2) is 0 Å². The molecule has 3 aliphatic rings. The van der Waals surface area contributed by atoms with E-state index in [1.807, 2.05) is 11.3 Å². The molecular formula is C26H37N3O2S. The molecule has 1 saturated carbocycles. The van der Waals surface area contributed by atoms with Gasteiger partial charge >= 0.3 is 0 Å². The molecule has 2 saturated heterocycles. The predicted octanol–water partition coefficient (Wildman–Crippen LogP) is 4.66. The number of nitrogens with zero attached hydrogens (tertiary/aromatic N) is 2. The Morgan fingerprint density at radius 3 is 3.00 bits per heavy atom. The molecule has 2 aromatic rings. The van der Waals surface area contributed by atoms with E-state index < -0.39 is 0 Å². The Morgan fingerprint density at radius 2 is 2.09 bits per heavy atom. The quantitative estimate of drug-likeness (QED) is 0.617. The third kappa shape index (κ3) is 4.97. The lowest BCUT2D eigenvalue weighted by molar-refractivity contribution is -0.125. The van der Waals surface area contributed by atoms with Gasteiger partial charge < -0.3 is 15.0 Å². The minimum Gasteiger partial charge on any atom is -0.378 e. The van der Waals surface area contributed by atoms with Gasteiger partial charge in [-0.05, 0) is 81.5 Å². The van der Waals surface area contributed by atoms with E-state index in [0.29, 0.717) is 30.5 Å². The molecule has 0 radical (unpaired) electrons. The van der Waals surface area contributed by atoms with Gasteiger partial charge in [-0.15, -0.1) is 11.3 Å². The first kappa shape index (κ1) is 22.2. The number of nitrogens with one attached hydrogen (secondary N) is 1. The van der Waals surface area contributed by atoms with Crippen molar-refractivity contribution in [3.8, 4) is 0 Å². The second-order valence-corrected chi connectivity index (χ2v) is 10.9. The normalized spacial score (nSPS) is 29.2. The molecule has 4 unspecified atom stereocenters. The number of hydrogen-bond acceptors (Lipinski definition) is 5. The summed E-state index contributed by atoms with van der Waals surface area (Å²) in [4.78, 5) is 16.9. The number of benzene rings is 1. The Kier molecular flexibility index (Phi) is 7.00. The summed E-state index contributed by atoms with van der Waals surface area (Å²) in [6, 6.07) is 9.89. The van der Waals surface area contributed by atoms with Crippen LogP contribution in [0, 0.1) is 5.92 Å². The van der Waals surface area contributed by atoms with Crippen molar-refractivity contribution < 1.29 is 9.53 Å². The molecule has 1 N–H and O–H groups in total. The van der Waals surface area contributed by atoms with Gasteiger partial charge in [0.25, 0.3) is 0 Å². The van der Waals surface area contributed by atoms with Crippen LogP contribution in [0.2, 0.25) is 0 Å². The summed E-state index contributed by atoms with van der Waals surface area (Å²) in [6.07, 6.45) is 7.80. The summed E-state index contributed by atoms with van der Waals surface area (Å²) >= 11 is 1.83. The SMILES string of the molecule is CC1CN(c2cccc3sccc23)CCN1CCCCOC1CCC2CCC(=O)NC2C1. The average molecular weight is 456 g/mol. The fourth-order valence-corrected chi connectivity index (χ4v) is 6.74. The molecule has 4 atom stereocenters. The highest BCUT2D eigenvalue weighted by molar-refractivity contribution is 7.17. The highest BCUT2D eigenvalue weighted by Gasteiger charge is 2.34. The van der Waals surface area contributed by atoms with Crippen LogP contribution in [0.5, 0.6) is 0 Å². The number of anilines is 1. The first-order valence-corrected chi connectivity index (χ1v) is 13.4. The lowest BCUT2D eigenvalue weighted by Crippen LogP contribution is -2.52. The highest BCUT2D eigenvalue weighted by Crippen LogP contribution is 2.33. The van der Waals surface area contributed by atoms with Gasteiger partial charge in [0.2, 0.25) is 5.91 Å². The molecule has 1 aliphatic carbocycles. The number of amides is 1. The number of piperazine rings is 1. The van der Waals surface area contributed by atoms with E-state index in [9.17, 15) is 4.79 Å². The van der Waals surface area contributed by atoms with Crippen molar-refractivity contribution >= 4 is 33.0 Å². The summed E-state index contributed by atoms with van der Waals surface area (Å²) in [5, 5.41) is 6.79. The van der Waals surface area contributed by atoms with Crippen LogP contribution in [0.4, 0.5) is 5.69 Å². The number of carbonyl (C=O) groups is 1. The molecular weight excluding hydrogens is 418 g/mol. The third-order valence-corrected chi connectivity index (χ3v) is 8.69. The largest absolute Gasteiger partial charge is 0.378 e. The fourth-order valence-electron chi connectivity index (χ4n) is 5.93. The first-order chi connectivity index (χ1) is 15.7. The summed E-state index contributed by atoms with van der Waals surface area (Å²) in [6.45, 7) is 7.71. The second-order valence-electron chi connectivity index (χ2n) is 9.93. The zero-order valence-corrected chi connectivity index (χ0v) is 20.1. The lowest BCUT2D eigenvalue weighted by Gasteiger charge is -2.41. The maximum atomic E-state index is 11.7. The molecule has 174 valence electrons. The fraction of sp³-hybridized carbons (Fsp3) is 0.654. The van der Waals surface area contributed by atoms with Gasteiger partial charge in [-0.1, -0.05) is 6.07 Å². The molecule has 1 aromatic heterocycles. The number of hydrogen-bond donors (Lipinski definition) is 1. The molecule has 5 nitrogen and oxygen atoms in total. The molecule has 5 rings (SSSR count). The van der Waals surface area contributed by atoms with E-state index in [4.69, 9.17) is 4.74 Å². The van der Waals surface area contributed by atoms with Crippen LogP contribution < -0.4 is 10.2 Å². The van der Waals surface area contributed by atoms with E-state index >= 15 is 0 Å². The third-order valence-electron chi connectivity index (χ3n) is 7.81. The zero-order chi connectivity index (χ0) is 21.9. The van der Waals surface area contributed by atoms with Gasteiger partial charge in [-0.25, -0.2) is 0 Å². The molecule has 1 amide bonds. The van der Waals surface area contributed by atoms with E-state index in [1.165, 1.54) is 28.6 Å². The topological polar surface area (TPSA) is 44.8 Å². The standard InChI is InChI=1S/C26H37N3O2S/c1-19-18-29(24-5-4-6-25-22(24)11-16-32-25)14-13-28(19)12-2-3-15-31-21-9-7-20-8-10-26(30)27-23(20)17-21/h4-6,11,16,19-21,23H,2-3,7-10,12-15,17-18H2,1H3,(H,27,30). The maximum absolute atomic E-state index is 11.7. The summed E-state index contributed by atoms with van der Waals surface area (Å²) in [5.74, 6) is 0.910. The summed E-state index contributed by atoms with van der Waals surface area (Å²) in [5.41, 5.74) is 1.40. The number of unbranched alkanes of at least 4 members (excludes halogenated alkanes) is 1. The number of rotatable bonds is 7. The molecule has 0 spiro atoms. The smallest absolute Gasteiger partial charge is 0.220 e. The lowest BCUT2D eigenvalue weighted by atomic mass is 9.78. The number of carbonyl (C=O) groups excluding carboxylic acids is 1. The van der Waals surface area contributed by atoms with E-state index in [0.717, 1.165) is 58.5 Å². The van der Waals surface area contributed by atoms with Crippen molar-refractivity contribution in [2.45, 2.75) is 70.1 Å². The molecule has 3 fully saturated rings. The number of ether oxygens (including phenoxy) is 1. The molecule has 3 heterocycles. The van der Waals surface area contributed by atoms with Crippen molar-refractivity contribution in [1.29, 1.82) is 0 Å². The average Bonchev–Trinajstić information content (AvgIpc) is 3.28. The number of thiophene rings is 1. The molecule has 0 bridgehead atoms. The molecule has 32 heavy (non-hydrogen) atoms. The van der Waals surface area contributed by atoms with E-state index in [1.54, 1.807) is 0 Å².